The Morgan fingerprint density at radius 1 is 1.10 bits per heavy atom. The van der Waals surface area contributed by atoms with Crippen LogP contribution in [0.15, 0.2) is 64.5 Å². The predicted molar refractivity (Wildman–Crippen MR) is 122 cm³/mol. The largest absolute Gasteiger partial charge is 0.281 e. The van der Waals surface area contributed by atoms with Crippen LogP contribution in [-0.2, 0) is 9.84 Å². The molecule has 4 aromatic rings. The Balaban J connectivity index is 1.79. The highest BCUT2D eigenvalue weighted by molar-refractivity contribution is 7.90. The van der Waals surface area contributed by atoms with E-state index in [4.69, 9.17) is 0 Å². The second-order valence-corrected chi connectivity index (χ2v) is 10.4. The molecule has 31 heavy (non-hydrogen) atoms. The highest BCUT2D eigenvalue weighted by atomic mass is 32.2. The molecule has 7 nitrogen and oxygen atoms in total. The quantitative estimate of drug-likeness (QED) is 0.510. The molecule has 1 N–H and O–H groups in total. The van der Waals surface area contributed by atoms with Crippen molar-refractivity contribution in [2.45, 2.75) is 18.7 Å². The third-order valence-corrected chi connectivity index (χ3v) is 7.08. The molecule has 0 atom stereocenters. The molecule has 9 heteroatoms. The number of benzene rings is 2. The molecule has 0 radical (unpaired) electrons. The van der Waals surface area contributed by atoms with E-state index < -0.39 is 21.3 Å². The number of carbonyl (C=O) groups is 1. The maximum absolute atomic E-state index is 13.2. The third-order valence-electron chi connectivity index (χ3n) is 4.96. The number of nitrogens with one attached hydrogen (secondary N) is 1. The van der Waals surface area contributed by atoms with Gasteiger partial charge in [0.2, 0.25) is 0 Å². The van der Waals surface area contributed by atoms with Gasteiger partial charge in [0.1, 0.15) is 11.2 Å². The number of nitrogens with zero attached hydrogens (tertiary/aromatic N) is 2. The zero-order valence-corrected chi connectivity index (χ0v) is 18.7. The van der Waals surface area contributed by atoms with E-state index in [2.05, 4.69) is 10.4 Å². The maximum atomic E-state index is 13.2. The minimum atomic E-state index is -3.48. The minimum absolute atomic E-state index is 0.0315. The molecule has 0 aliphatic rings. The fourth-order valence-corrected chi connectivity index (χ4v) is 5.03. The summed E-state index contributed by atoms with van der Waals surface area (Å²) in [6.45, 7) is 3.62. The first kappa shape index (κ1) is 21.0. The Morgan fingerprint density at radius 3 is 2.48 bits per heavy atom. The van der Waals surface area contributed by atoms with E-state index in [1.165, 1.54) is 29.8 Å². The molecule has 4 rings (SSSR count). The third kappa shape index (κ3) is 3.89. The number of carbonyl (C=O) groups excluding carboxylic acids is 1. The lowest BCUT2D eigenvalue weighted by molar-refractivity contribution is 0.101. The zero-order valence-electron chi connectivity index (χ0n) is 17.0. The lowest BCUT2D eigenvalue weighted by Gasteiger charge is -2.11. The van der Waals surface area contributed by atoms with Crippen molar-refractivity contribution in [3.05, 3.63) is 81.2 Å². The number of thiophene rings is 1. The molecule has 0 aliphatic carbocycles. The van der Waals surface area contributed by atoms with Gasteiger partial charge >= 0.3 is 0 Å². The molecule has 0 spiro atoms. The summed E-state index contributed by atoms with van der Waals surface area (Å²) in [5.74, 6) is -0.598. The second kappa shape index (κ2) is 7.75. The van der Waals surface area contributed by atoms with Crippen molar-refractivity contribution in [2.75, 3.05) is 11.7 Å². The molecular weight excluding hydrogens is 434 g/mol. The Labute approximate surface area is 182 Å². The van der Waals surface area contributed by atoms with Crippen LogP contribution in [0.25, 0.3) is 21.3 Å². The molecule has 0 bridgehead atoms. The first-order valence-electron chi connectivity index (χ1n) is 9.35. The van der Waals surface area contributed by atoms with Crippen molar-refractivity contribution < 1.29 is 13.2 Å². The van der Waals surface area contributed by atoms with Crippen LogP contribution >= 0.6 is 11.3 Å². The highest BCUT2D eigenvalue weighted by Crippen LogP contribution is 2.35. The molecule has 1 amide bonds. The number of fused-ring (bicyclic) bond motifs is 1. The van der Waals surface area contributed by atoms with Crippen molar-refractivity contribution in [3.63, 3.8) is 0 Å². The van der Waals surface area contributed by atoms with Gasteiger partial charge in [-0.3, -0.25) is 15.0 Å². The standard InChI is InChI=1S/C22H19N3O4S2/c1-13-9-10-16(31(3,28)29)11-17(13)20(26)24-25-12-23-21-19(22(25)27)18(14(2)30-21)15-7-5-4-6-8-15/h4-12H,1-3H3,(H,24,26). The van der Waals surface area contributed by atoms with Crippen molar-refractivity contribution in [1.29, 1.82) is 0 Å². The summed E-state index contributed by atoms with van der Waals surface area (Å²) < 4.78 is 24.8. The predicted octanol–water partition coefficient (Wildman–Crippen LogP) is 3.53. The summed E-state index contributed by atoms with van der Waals surface area (Å²) in [7, 11) is -3.48. The van der Waals surface area contributed by atoms with Crippen LogP contribution < -0.4 is 11.0 Å². The van der Waals surface area contributed by atoms with Gasteiger partial charge in [-0.2, -0.15) is 0 Å². The number of hydrogen-bond donors (Lipinski definition) is 1. The normalized spacial score (nSPS) is 11.6. The lowest BCUT2D eigenvalue weighted by Crippen LogP contribution is -2.33. The molecule has 0 fully saturated rings. The Hall–Kier alpha value is -3.30. The summed E-state index contributed by atoms with van der Waals surface area (Å²) in [6, 6.07) is 13.8. The second-order valence-electron chi connectivity index (χ2n) is 7.19. The summed E-state index contributed by atoms with van der Waals surface area (Å²) in [6.07, 6.45) is 2.34. The average Bonchev–Trinajstić information content (AvgIpc) is 3.07. The molecule has 2 aromatic carbocycles. The van der Waals surface area contributed by atoms with Gasteiger partial charge in [0.05, 0.1) is 10.3 Å². The molecule has 158 valence electrons. The zero-order chi connectivity index (χ0) is 22.3. The smallest absolute Gasteiger partial charge is 0.267 e. The van der Waals surface area contributed by atoms with Crippen molar-refractivity contribution in [1.82, 2.24) is 9.66 Å². The van der Waals surface area contributed by atoms with E-state index in [0.29, 0.717) is 15.8 Å². The summed E-state index contributed by atoms with van der Waals surface area (Å²) in [5.41, 5.74) is 4.57. The highest BCUT2D eigenvalue weighted by Gasteiger charge is 2.19. The molecule has 2 heterocycles. The van der Waals surface area contributed by atoms with Crippen LogP contribution in [0.4, 0.5) is 0 Å². The molecule has 0 saturated carbocycles. The van der Waals surface area contributed by atoms with Crippen LogP contribution in [0, 0.1) is 13.8 Å². The Morgan fingerprint density at radius 2 is 1.81 bits per heavy atom. The number of rotatable bonds is 4. The monoisotopic (exact) mass is 453 g/mol. The number of hydrogen-bond acceptors (Lipinski definition) is 6. The van der Waals surface area contributed by atoms with Crippen LogP contribution in [0.1, 0.15) is 20.8 Å². The van der Waals surface area contributed by atoms with Crippen LogP contribution in [0.2, 0.25) is 0 Å². The van der Waals surface area contributed by atoms with Crippen LogP contribution in [-0.4, -0.2) is 30.2 Å². The van der Waals surface area contributed by atoms with Gasteiger partial charge in [-0.05, 0) is 37.1 Å². The first-order chi connectivity index (χ1) is 14.7. The van der Waals surface area contributed by atoms with Gasteiger partial charge in [-0.1, -0.05) is 36.4 Å². The van der Waals surface area contributed by atoms with Crippen molar-refractivity contribution in [3.8, 4) is 11.1 Å². The summed E-state index contributed by atoms with van der Waals surface area (Å²) in [4.78, 5) is 32.0. The first-order valence-corrected chi connectivity index (χ1v) is 12.1. The van der Waals surface area contributed by atoms with Crippen molar-refractivity contribution >= 4 is 37.3 Å². The van der Waals surface area contributed by atoms with Gasteiger partial charge in [0.25, 0.3) is 11.5 Å². The van der Waals surface area contributed by atoms with E-state index in [1.807, 2.05) is 37.3 Å². The SMILES string of the molecule is Cc1ccc(S(C)(=O)=O)cc1C(=O)Nn1cnc2sc(C)c(-c3ccccc3)c2c1=O. The van der Waals surface area contributed by atoms with E-state index >= 15 is 0 Å². The maximum Gasteiger partial charge on any atom is 0.281 e. The minimum Gasteiger partial charge on any atom is -0.267 e. The Bertz CT molecular complexity index is 1490. The van der Waals surface area contributed by atoms with Crippen molar-refractivity contribution in [2.24, 2.45) is 0 Å². The van der Waals surface area contributed by atoms with Gasteiger partial charge < -0.3 is 0 Å². The van der Waals surface area contributed by atoms with E-state index in [0.717, 1.165) is 26.9 Å². The summed E-state index contributed by atoms with van der Waals surface area (Å²) >= 11 is 1.42. The van der Waals surface area contributed by atoms with Gasteiger partial charge in [0.15, 0.2) is 9.84 Å². The number of aromatic nitrogens is 2. The van der Waals surface area contributed by atoms with Crippen LogP contribution in [0.5, 0.6) is 0 Å². The Kier molecular flexibility index (Phi) is 5.24. The molecular formula is C22H19N3O4S2. The number of amides is 1. The van der Waals surface area contributed by atoms with Crippen LogP contribution in [0.3, 0.4) is 0 Å². The number of sulfone groups is 1. The van der Waals surface area contributed by atoms with Gasteiger partial charge in [0, 0.05) is 22.3 Å². The molecule has 0 aliphatic heterocycles. The topological polar surface area (TPSA) is 98.1 Å². The van der Waals surface area contributed by atoms with Gasteiger partial charge in [-0.25, -0.2) is 18.1 Å². The fraction of sp³-hybridized carbons (Fsp3) is 0.136. The van der Waals surface area contributed by atoms with E-state index in [1.54, 1.807) is 13.0 Å². The fourth-order valence-electron chi connectivity index (χ4n) is 3.38. The molecule has 0 saturated heterocycles. The molecule has 2 aromatic heterocycles. The van der Waals surface area contributed by atoms with E-state index in [-0.39, 0.29) is 10.5 Å². The summed E-state index contributed by atoms with van der Waals surface area (Å²) in [5, 5.41) is 0.429. The number of aryl methyl sites for hydroxylation is 2. The average molecular weight is 454 g/mol. The lowest BCUT2D eigenvalue weighted by atomic mass is 10.0. The van der Waals surface area contributed by atoms with E-state index in [9.17, 15) is 18.0 Å². The molecule has 0 unspecified atom stereocenters. The van der Waals surface area contributed by atoms with Gasteiger partial charge in [-0.15, -0.1) is 11.3 Å².